The minimum Gasteiger partial charge on any atom is -0.356 e. The van der Waals surface area contributed by atoms with Gasteiger partial charge in [-0.2, -0.15) is 0 Å². The fourth-order valence-electron chi connectivity index (χ4n) is 2.03. The summed E-state index contributed by atoms with van der Waals surface area (Å²) < 4.78 is 0. The van der Waals surface area contributed by atoms with Crippen LogP contribution in [0.15, 0.2) is 0 Å². The van der Waals surface area contributed by atoms with E-state index in [-0.39, 0.29) is 48.9 Å². The first-order valence-electron chi connectivity index (χ1n) is 6.58. The van der Waals surface area contributed by atoms with Crippen LogP contribution in [-0.4, -0.2) is 35.7 Å². The van der Waals surface area contributed by atoms with E-state index in [0.717, 1.165) is 6.42 Å². The van der Waals surface area contributed by atoms with Crippen LogP contribution in [0.5, 0.6) is 0 Å². The molecule has 3 amide bonds. The fourth-order valence-corrected chi connectivity index (χ4v) is 2.03. The number of carbonyl (C=O) groups is 3. The molecule has 0 bridgehead atoms. The maximum Gasteiger partial charge on any atom is 0.233 e. The number of likely N-dealkylation sites (tertiary alicyclic amines) is 1. The van der Waals surface area contributed by atoms with Gasteiger partial charge in [-0.1, -0.05) is 20.8 Å². The summed E-state index contributed by atoms with van der Waals surface area (Å²) in [5.74, 6) is -0.428. The lowest BCUT2D eigenvalue weighted by Crippen LogP contribution is -2.35. The highest BCUT2D eigenvalue weighted by atomic mass is 16.2. The van der Waals surface area contributed by atoms with E-state index in [1.807, 2.05) is 20.8 Å². The van der Waals surface area contributed by atoms with Crippen molar-refractivity contribution >= 4 is 17.7 Å². The fraction of sp³-hybridized carbons (Fsp3) is 0.769. The predicted octanol–water partition coefficient (Wildman–Crippen LogP) is 0.934. The molecule has 0 spiro atoms. The van der Waals surface area contributed by atoms with Crippen LogP contribution in [0.3, 0.4) is 0 Å². The van der Waals surface area contributed by atoms with Crippen molar-refractivity contribution < 1.29 is 14.4 Å². The van der Waals surface area contributed by atoms with Crippen LogP contribution in [0.1, 0.15) is 40.0 Å². The van der Waals surface area contributed by atoms with Crippen LogP contribution in [0.4, 0.5) is 0 Å². The SMILES string of the molecule is CCCNC(=O)CCN1C(=O)CC(C(C)C)C1=O. The highest BCUT2D eigenvalue weighted by Crippen LogP contribution is 2.26. The van der Waals surface area contributed by atoms with Crippen molar-refractivity contribution in [2.24, 2.45) is 11.8 Å². The highest BCUT2D eigenvalue weighted by Gasteiger charge is 2.39. The van der Waals surface area contributed by atoms with Crippen LogP contribution in [0.25, 0.3) is 0 Å². The van der Waals surface area contributed by atoms with Gasteiger partial charge in [0.2, 0.25) is 17.7 Å². The molecule has 1 rings (SSSR count). The van der Waals surface area contributed by atoms with Gasteiger partial charge in [0.1, 0.15) is 0 Å². The van der Waals surface area contributed by atoms with Gasteiger partial charge in [-0.05, 0) is 12.3 Å². The first kappa shape index (κ1) is 14.7. The summed E-state index contributed by atoms with van der Waals surface area (Å²) in [6.07, 6.45) is 1.36. The zero-order chi connectivity index (χ0) is 13.7. The van der Waals surface area contributed by atoms with E-state index in [1.54, 1.807) is 0 Å². The lowest BCUT2D eigenvalue weighted by molar-refractivity contribution is -0.140. The molecule has 5 nitrogen and oxygen atoms in total. The first-order valence-corrected chi connectivity index (χ1v) is 6.58. The largest absolute Gasteiger partial charge is 0.356 e. The topological polar surface area (TPSA) is 66.5 Å². The van der Waals surface area contributed by atoms with Crippen LogP contribution in [0, 0.1) is 11.8 Å². The van der Waals surface area contributed by atoms with E-state index < -0.39 is 0 Å². The Bertz CT molecular complexity index is 339. The summed E-state index contributed by atoms with van der Waals surface area (Å²) in [4.78, 5) is 36.3. The first-order chi connectivity index (χ1) is 8.47. The quantitative estimate of drug-likeness (QED) is 0.717. The molecule has 1 atom stereocenters. The molecule has 1 unspecified atom stereocenters. The lowest BCUT2D eigenvalue weighted by atomic mass is 9.94. The van der Waals surface area contributed by atoms with Crippen molar-refractivity contribution in [2.75, 3.05) is 13.1 Å². The number of hydrogen-bond donors (Lipinski definition) is 1. The second-order valence-corrected chi connectivity index (χ2v) is 5.04. The van der Waals surface area contributed by atoms with Crippen molar-refractivity contribution in [2.45, 2.75) is 40.0 Å². The number of rotatable bonds is 6. The predicted molar refractivity (Wildman–Crippen MR) is 67.6 cm³/mol. The molecule has 5 heteroatoms. The Balaban J connectivity index is 2.45. The summed E-state index contributed by atoms with van der Waals surface area (Å²) in [6, 6.07) is 0. The summed E-state index contributed by atoms with van der Waals surface area (Å²) >= 11 is 0. The van der Waals surface area contributed by atoms with Gasteiger partial charge in [-0.3, -0.25) is 19.3 Å². The maximum absolute atomic E-state index is 12.0. The van der Waals surface area contributed by atoms with Gasteiger partial charge in [0.15, 0.2) is 0 Å². The number of carbonyl (C=O) groups excluding carboxylic acids is 3. The minimum atomic E-state index is -0.212. The molecular weight excluding hydrogens is 232 g/mol. The van der Waals surface area contributed by atoms with E-state index >= 15 is 0 Å². The van der Waals surface area contributed by atoms with Crippen LogP contribution in [0.2, 0.25) is 0 Å². The number of imide groups is 1. The normalized spacial score (nSPS) is 19.8. The van der Waals surface area contributed by atoms with Gasteiger partial charge in [-0.25, -0.2) is 0 Å². The van der Waals surface area contributed by atoms with E-state index in [1.165, 1.54) is 4.90 Å². The van der Waals surface area contributed by atoms with Crippen molar-refractivity contribution in [3.8, 4) is 0 Å². The van der Waals surface area contributed by atoms with E-state index in [2.05, 4.69) is 5.32 Å². The Morgan fingerprint density at radius 2 is 2.11 bits per heavy atom. The molecule has 1 heterocycles. The summed E-state index contributed by atoms with van der Waals surface area (Å²) in [5.41, 5.74) is 0. The number of amides is 3. The van der Waals surface area contributed by atoms with Gasteiger partial charge in [-0.15, -0.1) is 0 Å². The molecule has 0 saturated carbocycles. The number of nitrogens with zero attached hydrogens (tertiary/aromatic N) is 1. The standard InChI is InChI=1S/C13H22N2O3/c1-4-6-14-11(16)5-7-15-12(17)8-10(9(2)3)13(15)18/h9-10H,4-8H2,1-3H3,(H,14,16). The Morgan fingerprint density at radius 3 is 2.61 bits per heavy atom. The van der Waals surface area contributed by atoms with E-state index in [0.29, 0.717) is 6.54 Å². The Hall–Kier alpha value is -1.39. The third-order valence-corrected chi connectivity index (χ3v) is 3.22. The Labute approximate surface area is 108 Å². The molecule has 0 aromatic rings. The maximum atomic E-state index is 12.0. The Morgan fingerprint density at radius 1 is 1.44 bits per heavy atom. The molecule has 0 aliphatic carbocycles. The lowest BCUT2D eigenvalue weighted by Gasteiger charge is -2.16. The van der Waals surface area contributed by atoms with Gasteiger partial charge in [0, 0.05) is 31.8 Å². The smallest absolute Gasteiger partial charge is 0.233 e. The molecule has 18 heavy (non-hydrogen) atoms. The van der Waals surface area contributed by atoms with Crippen molar-refractivity contribution in [3.05, 3.63) is 0 Å². The molecule has 1 saturated heterocycles. The minimum absolute atomic E-state index is 0.106. The third-order valence-electron chi connectivity index (χ3n) is 3.22. The van der Waals surface area contributed by atoms with Crippen LogP contribution < -0.4 is 5.32 Å². The average Bonchev–Trinajstić information content (AvgIpc) is 2.60. The molecule has 1 fully saturated rings. The molecule has 1 N–H and O–H groups in total. The molecule has 1 aliphatic rings. The van der Waals surface area contributed by atoms with Gasteiger partial charge in [0.25, 0.3) is 0 Å². The van der Waals surface area contributed by atoms with Crippen molar-refractivity contribution in [1.29, 1.82) is 0 Å². The summed E-state index contributed by atoms with van der Waals surface area (Å²) in [6.45, 7) is 6.69. The Kier molecular flexibility index (Phi) is 5.31. The van der Waals surface area contributed by atoms with Gasteiger partial charge < -0.3 is 5.32 Å². The van der Waals surface area contributed by atoms with Crippen LogP contribution >= 0.6 is 0 Å². The number of hydrogen-bond acceptors (Lipinski definition) is 3. The van der Waals surface area contributed by atoms with Crippen molar-refractivity contribution in [1.82, 2.24) is 10.2 Å². The number of nitrogens with one attached hydrogen (secondary N) is 1. The molecule has 0 aromatic heterocycles. The zero-order valence-corrected chi connectivity index (χ0v) is 11.4. The summed E-state index contributed by atoms with van der Waals surface area (Å²) in [7, 11) is 0. The highest BCUT2D eigenvalue weighted by molar-refractivity contribution is 6.03. The molecule has 1 aliphatic heterocycles. The second-order valence-electron chi connectivity index (χ2n) is 5.04. The van der Waals surface area contributed by atoms with Gasteiger partial charge in [0.05, 0.1) is 0 Å². The summed E-state index contributed by atoms with van der Waals surface area (Å²) in [5, 5.41) is 2.73. The monoisotopic (exact) mass is 254 g/mol. The third kappa shape index (κ3) is 3.55. The molecule has 102 valence electrons. The van der Waals surface area contributed by atoms with E-state index in [4.69, 9.17) is 0 Å². The average molecular weight is 254 g/mol. The molecule has 0 radical (unpaired) electrons. The zero-order valence-electron chi connectivity index (χ0n) is 11.4. The van der Waals surface area contributed by atoms with E-state index in [9.17, 15) is 14.4 Å². The molecule has 0 aromatic carbocycles. The molecular formula is C13H22N2O3. The van der Waals surface area contributed by atoms with Crippen LogP contribution in [-0.2, 0) is 14.4 Å². The van der Waals surface area contributed by atoms with Crippen molar-refractivity contribution in [3.63, 3.8) is 0 Å². The second kappa shape index (κ2) is 6.52. The van der Waals surface area contributed by atoms with Gasteiger partial charge >= 0.3 is 0 Å².